The molecule has 0 aliphatic heterocycles. The molecule has 12 heavy (non-hydrogen) atoms. The number of nitrogens with zero attached hydrogens (tertiary/aromatic N) is 3. The Morgan fingerprint density at radius 1 is 1.58 bits per heavy atom. The summed E-state index contributed by atoms with van der Waals surface area (Å²) >= 11 is 0. The third-order valence-electron chi connectivity index (χ3n) is 2.44. The molecule has 1 atom stereocenters. The first-order valence-electron chi connectivity index (χ1n) is 4.25. The van der Waals surface area contributed by atoms with Gasteiger partial charge in [0.05, 0.1) is 0 Å². The summed E-state index contributed by atoms with van der Waals surface area (Å²) in [6, 6.07) is 0. The Labute approximate surface area is 70.2 Å². The zero-order valence-corrected chi connectivity index (χ0v) is 6.73. The van der Waals surface area contributed by atoms with Crippen molar-refractivity contribution in [2.75, 3.05) is 0 Å². The number of aromatic nitrogens is 4. The zero-order chi connectivity index (χ0) is 8.39. The number of tetrazole rings is 1. The fraction of sp³-hybridized carbons (Fsp3) is 0.857. The summed E-state index contributed by atoms with van der Waals surface area (Å²) in [4.78, 5) is 0. The van der Waals surface area contributed by atoms with Crippen LogP contribution < -0.4 is 0 Å². The van der Waals surface area contributed by atoms with Crippen molar-refractivity contribution >= 4 is 0 Å². The summed E-state index contributed by atoms with van der Waals surface area (Å²) in [7, 11) is 0. The molecule has 1 radical (unpaired) electrons. The molecule has 5 nitrogen and oxygen atoms in total. The minimum absolute atomic E-state index is 0.377. The lowest BCUT2D eigenvalue weighted by Crippen LogP contribution is -2.15. The maximum Gasteiger partial charge on any atom is 0.181 e. The van der Waals surface area contributed by atoms with Crippen LogP contribution in [0, 0.1) is 5.92 Å². The summed E-state index contributed by atoms with van der Waals surface area (Å²) in [5.74, 6) is 0.986. The number of rotatable bonds is 3. The predicted molar refractivity (Wildman–Crippen MR) is 39.6 cm³/mol. The summed E-state index contributed by atoms with van der Waals surface area (Å²) < 4.78 is 0. The van der Waals surface area contributed by atoms with Crippen LogP contribution >= 0.6 is 0 Å². The third kappa shape index (κ3) is 1.45. The van der Waals surface area contributed by atoms with E-state index in [0.29, 0.717) is 18.2 Å². The van der Waals surface area contributed by atoms with Crippen molar-refractivity contribution < 1.29 is 5.11 Å². The summed E-state index contributed by atoms with van der Waals surface area (Å²) in [5, 5.41) is 24.3. The molecule has 1 fully saturated rings. The van der Waals surface area contributed by atoms with Crippen molar-refractivity contribution in [3.05, 3.63) is 5.82 Å². The molecule has 5 heteroatoms. The summed E-state index contributed by atoms with van der Waals surface area (Å²) in [6.07, 6.45) is 3.58. The molecule has 0 bridgehead atoms. The molecule has 0 saturated heterocycles. The van der Waals surface area contributed by atoms with Gasteiger partial charge in [0.15, 0.2) is 11.9 Å². The first-order chi connectivity index (χ1) is 5.86. The van der Waals surface area contributed by atoms with E-state index in [0.717, 1.165) is 0 Å². The van der Waals surface area contributed by atoms with Gasteiger partial charge in [-0.2, -0.15) is 0 Å². The van der Waals surface area contributed by atoms with Crippen LogP contribution in [0.3, 0.4) is 0 Å². The molecule has 1 unspecified atom stereocenters. The van der Waals surface area contributed by atoms with Gasteiger partial charge in [-0.05, 0) is 22.8 Å². The first kappa shape index (κ1) is 7.67. The van der Waals surface area contributed by atoms with Crippen molar-refractivity contribution in [3.63, 3.8) is 0 Å². The van der Waals surface area contributed by atoms with Gasteiger partial charge in [0.1, 0.15) is 0 Å². The highest BCUT2D eigenvalue weighted by atomic mass is 16.3. The van der Waals surface area contributed by atoms with E-state index in [2.05, 4.69) is 20.6 Å². The number of hydrogen-bond donors (Lipinski definition) is 1. The highest BCUT2D eigenvalue weighted by Gasteiger charge is 2.24. The van der Waals surface area contributed by atoms with Crippen LogP contribution in [0.1, 0.15) is 37.6 Å². The molecule has 2 rings (SSSR count). The van der Waals surface area contributed by atoms with E-state index >= 15 is 0 Å². The second kappa shape index (κ2) is 3.18. The van der Waals surface area contributed by atoms with Gasteiger partial charge in [-0.25, -0.2) is 10.2 Å². The fourth-order valence-corrected chi connectivity index (χ4v) is 1.45. The average molecular weight is 167 g/mol. The molecule has 0 spiro atoms. The Bertz CT molecular complexity index is 232. The van der Waals surface area contributed by atoms with E-state index in [4.69, 9.17) is 0 Å². The monoisotopic (exact) mass is 167 g/mol. The molecule has 1 aromatic heterocycles. The molecule has 1 N–H and O–H groups in total. The van der Waals surface area contributed by atoms with Gasteiger partial charge < -0.3 is 0 Å². The minimum atomic E-state index is -0.759. The molecule has 1 aromatic rings. The Kier molecular flexibility index (Phi) is 2.03. The van der Waals surface area contributed by atoms with E-state index in [9.17, 15) is 5.11 Å². The van der Waals surface area contributed by atoms with Crippen LogP contribution in [-0.2, 0) is 5.11 Å². The molecule has 1 aliphatic rings. The molecular formula is C7H11N4O. The topological polar surface area (TPSA) is 74.4 Å². The lowest BCUT2D eigenvalue weighted by Gasteiger charge is -2.25. The van der Waals surface area contributed by atoms with Crippen molar-refractivity contribution in [1.29, 1.82) is 0 Å². The fourth-order valence-electron chi connectivity index (χ4n) is 1.45. The van der Waals surface area contributed by atoms with E-state index < -0.39 is 6.10 Å². The maximum atomic E-state index is 11.4. The SMILES string of the molecule is [O]C(CC1CCC1)c1nnn[nH]1. The van der Waals surface area contributed by atoms with Gasteiger partial charge >= 0.3 is 0 Å². The second-order valence-electron chi connectivity index (χ2n) is 3.31. The quantitative estimate of drug-likeness (QED) is 0.725. The lowest BCUT2D eigenvalue weighted by atomic mass is 9.81. The second-order valence-corrected chi connectivity index (χ2v) is 3.31. The van der Waals surface area contributed by atoms with Gasteiger partial charge in [0.25, 0.3) is 0 Å². The van der Waals surface area contributed by atoms with Gasteiger partial charge in [-0.3, -0.25) is 0 Å². The van der Waals surface area contributed by atoms with Crippen LogP contribution in [0.4, 0.5) is 0 Å². The van der Waals surface area contributed by atoms with E-state index in [1.165, 1.54) is 19.3 Å². The molecule has 0 aromatic carbocycles. The van der Waals surface area contributed by atoms with Crippen molar-refractivity contribution in [1.82, 2.24) is 20.6 Å². The van der Waals surface area contributed by atoms with Crippen molar-refractivity contribution in [3.8, 4) is 0 Å². The van der Waals surface area contributed by atoms with Crippen LogP contribution in [0.15, 0.2) is 0 Å². The summed E-state index contributed by atoms with van der Waals surface area (Å²) in [5.41, 5.74) is 0. The largest absolute Gasteiger partial charge is 0.240 e. The first-order valence-corrected chi connectivity index (χ1v) is 4.25. The Hall–Kier alpha value is -0.970. The highest BCUT2D eigenvalue weighted by molar-refractivity contribution is 4.86. The molecular weight excluding hydrogens is 156 g/mol. The van der Waals surface area contributed by atoms with Gasteiger partial charge in [0, 0.05) is 0 Å². The maximum absolute atomic E-state index is 11.4. The van der Waals surface area contributed by atoms with Gasteiger partial charge in [-0.1, -0.05) is 19.3 Å². The Balaban J connectivity index is 1.87. The average Bonchev–Trinajstić information content (AvgIpc) is 2.47. The zero-order valence-electron chi connectivity index (χ0n) is 6.73. The highest BCUT2D eigenvalue weighted by Crippen LogP contribution is 2.33. The van der Waals surface area contributed by atoms with Crippen LogP contribution in [0.25, 0.3) is 0 Å². The third-order valence-corrected chi connectivity index (χ3v) is 2.44. The normalized spacial score (nSPS) is 20.4. The molecule has 1 aliphatic carbocycles. The molecule has 1 saturated carbocycles. The van der Waals surface area contributed by atoms with Gasteiger partial charge in [0.2, 0.25) is 0 Å². The smallest absolute Gasteiger partial charge is 0.181 e. The standard InChI is InChI=1S/C7H11N4O/c12-6(4-5-2-1-3-5)7-8-10-11-9-7/h5-6H,1-4H2,(H,8,9,10,11). The number of hydrogen-bond acceptors (Lipinski definition) is 3. The summed E-state index contributed by atoms with van der Waals surface area (Å²) in [6.45, 7) is 0. The number of aromatic amines is 1. The van der Waals surface area contributed by atoms with Crippen LogP contribution in [-0.4, -0.2) is 20.6 Å². The Morgan fingerprint density at radius 3 is 2.92 bits per heavy atom. The van der Waals surface area contributed by atoms with Crippen LogP contribution in [0.2, 0.25) is 0 Å². The van der Waals surface area contributed by atoms with Gasteiger partial charge in [-0.15, -0.1) is 5.10 Å². The van der Waals surface area contributed by atoms with Crippen molar-refractivity contribution in [2.45, 2.75) is 31.8 Å². The number of nitrogens with one attached hydrogen (secondary N) is 1. The van der Waals surface area contributed by atoms with E-state index in [1.54, 1.807) is 0 Å². The number of H-pyrrole nitrogens is 1. The van der Waals surface area contributed by atoms with Crippen molar-refractivity contribution in [2.24, 2.45) is 5.92 Å². The lowest BCUT2D eigenvalue weighted by molar-refractivity contribution is 0.0446. The predicted octanol–water partition coefficient (Wildman–Crippen LogP) is 0.861. The van der Waals surface area contributed by atoms with Crippen LogP contribution in [0.5, 0.6) is 0 Å². The molecule has 0 amide bonds. The molecule has 65 valence electrons. The minimum Gasteiger partial charge on any atom is -0.240 e. The molecule has 1 heterocycles. The van der Waals surface area contributed by atoms with E-state index in [-0.39, 0.29) is 0 Å². The van der Waals surface area contributed by atoms with E-state index in [1.807, 2.05) is 0 Å². The Morgan fingerprint density at radius 2 is 2.42 bits per heavy atom.